The highest BCUT2D eigenvalue weighted by Gasteiger charge is 2.16. The molecule has 0 saturated carbocycles. The van der Waals surface area contributed by atoms with Gasteiger partial charge in [-0.25, -0.2) is 9.37 Å². The maximum Gasteiger partial charge on any atom is 0.240 e. The molecule has 0 radical (unpaired) electrons. The van der Waals surface area contributed by atoms with Crippen molar-refractivity contribution < 1.29 is 14.6 Å². The number of hydrogen-bond donors (Lipinski definition) is 4. The number of aromatic hydroxyl groups is 2. The Labute approximate surface area is 140 Å². The molecule has 8 nitrogen and oxygen atoms in total. The highest BCUT2D eigenvalue weighted by Crippen LogP contribution is 2.29. The maximum atomic E-state index is 13.7. The SMILES string of the molecule is Nc1nc2c3c(N)cc(F)cc3nc(Cc3ccc(O)c(O)c3)n2n1. The van der Waals surface area contributed by atoms with Crippen LogP contribution in [0.3, 0.4) is 0 Å². The molecular formula is C16H13FN6O2. The number of phenols is 2. The number of nitrogen functional groups attached to an aromatic ring is 2. The molecule has 0 bridgehead atoms. The Morgan fingerprint density at radius 1 is 1.04 bits per heavy atom. The van der Waals surface area contributed by atoms with Gasteiger partial charge in [0, 0.05) is 18.2 Å². The second-order valence-corrected chi connectivity index (χ2v) is 5.62. The van der Waals surface area contributed by atoms with E-state index in [1.54, 1.807) is 6.07 Å². The molecule has 2 heterocycles. The van der Waals surface area contributed by atoms with Gasteiger partial charge in [0.15, 0.2) is 17.1 Å². The smallest absolute Gasteiger partial charge is 0.240 e. The lowest BCUT2D eigenvalue weighted by Gasteiger charge is -2.09. The van der Waals surface area contributed by atoms with Crippen molar-refractivity contribution >= 4 is 28.2 Å². The number of aromatic nitrogens is 4. The van der Waals surface area contributed by atoms with Crippen LogP contribution >= 0.6 is 0 Å². The number of halogens is 1. The van der Waals surface area contributed by atoms with E-state index in [0.29, 0.717) is 27.9 Å². The zero-order chi connectivity index (χ0) is 17.7. The third-order valence-corrected chi connectivity index (χ3v) is 3.86. The Bertz CT molecular complexity index is 1140. The molecule has 6 N–H and O–H groups in total. The van der Waals surface area contributed by atoms with E-state index in [0.717, 1.165) is 0 Å². The van der Waals surface area contributed by atoms with Crippen LogP contribution in [0.15, 0.2) is 30.3 Å². The van der Waals surface area contributed by atoms with Gasteiger partial charge in [-0.15, -0.1) is 5.10 Å². The van der Waals surface area contributed by atoms with Crippen molar-refractivity contribution in [2.75, 3.05) is 11.5 Å². The Morgan fingerprint density at radius 3 is 2.60 bits per heavy atom. The van der Waals surface area contributed by atoms with Gasteiger partial charge in [-0.2, -0.15) is 9.50 Å². The summed E-state index contributed by atoms with van der Waals surface area (Å²) >= 11 is 0. The number of anilines is 2. The van der Waals surface area contributed by atoms with Gasteiger partial charge in [-0.05, 0) is 23.8 Å². The summed E-state index contributed by atoms with van der Waals surface area (Å²) in [5, 5.41) is 23.7. The van der Waals surface area contributed by atoms with Gasteiger partial charge in [-0.3, -0.25) is 0 Å². The Balaban J connectivity index is 1.97. The summed E-state index contributed by atoms with van der Waals surface area (Å²) in [6.07, 6.45) is 0.250. The van der Waals surface area contributed by atoms with Crippen LogP contribution in [0.1, 0.15) is 11.4 Å². The van der Waals surface area contributed by atoms with Crippen molar-refractivity contribution in [2.24, 2.45) is 0 Å². The standard InChI is InChI=1S/C16H13FN6O2/c17-8-5-9(18)14-10(6-8)20-13(23-15(14)21-16(19)22-23)4-7-1-2-11(24)12(25)3-7/h1-3,5-6,24-25H,4,18H2,(H2,19,22). The largest absolute Gasteiger partial charge is 0.504 e. The zero-order valence-corrected chi connectivity index (χ0v) is 12.8. The fourth-order valence-corrected chi connectivity index (χ4v) is 2.78. The highest BCUT2D eigenvalue weighted by atomic mass is 19.1. The van der Waals surface area contributed by atoms with E-state index in [-0.39, 0.29) is 29.6 Å². The third-order valence-electron chi connectivity index (χ3n) is 3.86. The molecule has 126 valence electrons. The van der Waals surface area contributed by atoms with Crippen LogP contribution in [0, 0.1) is 5.82 Å². The van der Waals surface area contributed by atoms with Gasteiger partial charge < -0.3 is 21.7 Å². The summed E-state index contributed by atoms with van der Waals surface area (Å²) in [6, 6.07) is 6.86. The average molecular weight is 340 g/mol. The van der Waals surface area contributed by atoms with Crippen LogP contribution < -0.4 is 11.5 Å². The molecule has 0 saturated heterocycles. The second kappa shape index (κ2) is 5.20. The highest BCUT2D eigenvalue weighted by molar-refractivity contribution is 6.00. The minimum atomic E-state index is -0.512. The molecule has 0 fully saturated rings. The van der Waals surface area contributed by atoms with Gasteiger partial charge in [-0.1, -0.05) is 6.07 Å². The number of hydrogen-bond acceptors (Lipinski definition) is 7. The molecule has 2 aromatic heterocycles. The Kier molecular flexibility index (Phi) is 3.11. The molecule has 0 amide bonds. The molecule has 9 heteroatoms. The van der Waals surface area contributed by atoms with Gasteiger partial charge in [0.1, 0.15) is 11.6 Å². The Morgan fingerprint density at radius 2 is 1.84 bits per heavy atom. The molecule has 4 rings (SSSR count). The van der Waals surface area contributed by atoms with E-state index in [1.807, 2.05) is 0 Å². The molecule has 0 aliphatic rings. The first-order valence-corrected chi connectivity index (χ1v) is 7.33. The zero-order valence-electron chi connectivity index (χ0n) is 12.8. The fraction of sp³-hybridized carbons (Fsp3) is 0.0625. The molecule has 25 heavy (non-hydrogen) atoms. The number of nitrogens with zero attached hydrogens (tertiary/aromatic N) is 4. The average Bonchev–Trinajstić information content (AvgIpc) is 2.92. The first-order chi connectivity index (χ1) is 11.9. The molecule has 0 spiro atoms. The summed E-state index contributed by atoms with van der Waals surface area (Å²) in [4.78, 5) is 8.59. The second-order valence-electron chi connectivity index (χ2n) is 5.62. The molecule has 2 aromatic carbocycles. The lowest BCUT2D eigenvalue weighted by atomic mass is 10.1. The predicted octanol–water partition coefficient (Wildman–Crippen LogP) is 1.58. The number of fused-ring (bicyclic) bond motifs is 3. The van der Waals surface area contributed by atoms with Crippen molar-refractivity contribution in [2.45, 2.75) is 6.42 Å². The van der Waals surface area contributed by atoms with E-state index in [1.165, 1.54) is 28.8 Å². The van der Waals surface area contributed by atoms with E-state index < -0.39 is 5.82 Å². The van der Waals surface area contributed by atoms with Crippen molar-refractivity contribution in [3.05, 3.63) is 47.5 Å². The van der Waals surface area contributed by atoms with Crippen molar-refractivity contribution in [3.63, 3.8) is 0 Å². The monoisotopic (exact) mass is 340 g/mol. The van der Waals surface area contributed by atoms with Crippen LogP contribution in [0.5, 0.6) is 11.5 Å². The lowest BCUT2D eigenvalue weighted by Crippen LogP contribution is -2.06. The van der Waals surface area contributed by atoms with E-state index in [2.05, 4.69) is 15.1 Å². The van der Waals surface area contributed by atoms with E-state index >= 15 is 0 Å². The van der Waals surface area contributed by atoms with E-state index in [4.69, 9.17) is 11.5 Å². The van der Waals surface area contributed by atoms with Crippen LogP contribution in [0.4, 0.5) is 16.0 Å². The molecule has 0 aliphatic carbocycles. The quantitative estimate of drug-likeness (QED) is 0.321. The Hall–Kier alpha value is -3.62. The van der Waals surface area contributed by atoms with Crippen molar-refractivity contribution in [1.82, 2.24) is 19.6 Å². The van der Waals surface area contributed by atoms with Crippen molar-refractivity contribution in [1.29, 1.82) is 0 Å². The van der Waals surface area contributed by atoms with Crippen LogP contribution in [-0.2, 0) is 6.42 Å². The number of nitrogens with two attached hydrogens (primary N) is 2. The molecular weight excluding hydrogens is 327 g/mol. The van der Waals surface area contributed by atoms with Gasteiger partial charge in [0.05, 0.1) is 10.9 Å². The topological polar surface area (TPSA) is 136 Å². The number of rotatable bonds is 2. The number of phenolic OH excluding ortho intramolecular Hbond substituents is 2. The normalized spacial score (nSPS) is 11.4. The van der Waals surface area contributed by atoms with E-state index in [9.17, 15) is 14.6 Å². The van der Waals surface area contributed by atoms with Gasteiger partial charge >= 0.3 is 0 Å². The van der Waals surface area contributed by atoms with Gasteiger partial charge in [0.2, 0.25) is 5.95 Å². The lowest BCUT2D eigenvalue weighted by molar-refractivity contribution is 0.403. The molecule has 0 aliphatic heterocycles. The van der Waals surface area contributed by atoms with Crippen LogP contribution in [0.25, 0.3) is 16.6 Å². The summed E-state index contributed by atoms with van der Waals surface area (Å²) < 4.78 is 15.2. The fourth-order valence-electron chi connectivity index (χ4n) is 2.78. The first-order valence-electron chi connectivity index (χ1n) is 7.33. The minimum absolute atomic E-state index is 0.0350. The summed E-state index contributed by atoms with van der Waals surface area (Å²) in [7, 11) is 0. The molecule has 0 atom stereocenters. The van der Waals surface area contributed by atoms with Crippen LogP contribution in [0.2, 0.25) is 0 Å². The maximum absolute atomic E-state index is 13.7. The van der Waals surface area contributed by atoms with Crippen LogP contribution in [-0.4, -0.2) is 29.8 Å². The molecule has 0 unspecified atom stereocenters. The first kappa shape index (κ1) is 14.9. The van der Waals surface area contributed by atoms with Gasteiger partial charge in [0.25, 0.3) is 0 Å². The number of benzene rings is 2. The third kappa shape index (κ3) is 2.42. The predicted molar refractivity (Wildman–Crippen MR) is 89.6 cm³/mol. The molecule has 4 aromatic rings. The summed E-state index contributed by atoms with van der Waals surface area (Å²) in [5.74, 6) is -0.514. The van der Waals surface area contributed by atoms with Crippen molar-refractivity contribution in [3.8, 4) is 11.5 Å². The minimum Gasteiger partial charge on any atom is -0.504 e. The summed E-state index contributed by atoms with van der Waals surface area (Å²) in [5.41, 5.74) is 13.2. The summed E-state index contributed by atoms with van der Waals surface area (Å²) in [6.45, 7) is 0.